The Morgan fingerprint density at radius 3 is 2.78 bits per heavy atom. The second-order valence-corrected chi connectivity index (χ2v) is 10.1. The zero-order valence-corrected chi connectivity index (χ0v) is 19.7. The summed E-state index contributed by atoms with van der Waals surface area (Å²) in [5.74, 6) is 2.80. The van der Waals surface area contributed by atoms with E-state index in [4.69, 9.17) is 0 Å². The van der Waals surface area contributed by atoms with Crippen molar-refractivity contribution in [1.82, 2.24) is 14.9 Å². The molecule has 0 bridgehead atoms. The van der Waals surface area contributed by atoms with Crippen LogP contribution in [-0.2, 0) is 22.6 Å². The van der Waals surface area contributed by atoms with Gasteiger partial charge in [0, 0.05) is 24.9 Å². The summed E-state index contributed by atoms with van der Waals surface area (Å²) in [4.78, 5) is 36.2. The molecule has 1 saturated carbocycles. The molecule has 3 aliphatic rings. The first kappa shape index (κ1) is 22.9. The highest BCUT2D eigenvalue weighted by Crippen LogP contribution is 2.32. The molecule has 2 aliphatic carbocycles. The first-order valence-electron chi connectivity index (χ1n) is 12.6. The predicted octanol–water partition coefficient (Wildman–Crippen LogP) is 5.04. The number of hydrogen-bond acceptors (Lipinski definition) is 4. The zero-order chi connectivity index (χ0) is 22.5. The number of rotatable bonds is 7. The first-order chi connectivity index (χ1) is 15.5. The Labute approximate surface area is 192 Å². The predicted molar refractivity (Wildman–Crippen MR) is 126 cm³/mol. The topological polar surface area (TPSA) is 75.2 Å². The molecular formula is C26H38N4O2. The fraction of sp³-hybridized carbons (Fsp3) is 0.692. The molecule has 0 spiro atoms. The highest BCUT2D eigenvalue weighted by atomic mass is 16.2. The third-order valence-electron chi connectivity index (χ3n) is 7.60. The molecular weight excluding hydrogens is 400 g/mol. The van der Waals surface area contributed by atoms with Crippen LogP contribution in [0.3, 0.4) is 0 Å². The van der Waals surface area contributed by atoms with Gasteiger partial charge in [-0.1, -0.05) is 57.6 Å². The molecule has 2 amide bonds. The Kier molecular flexibility index (Phi) is 7.59. The smallest absolute Gasteiger partial charge is 0.229 e. The van der Waals surface area contributed by atoms with Gasteiger partial charge in [-0.25, -0.2) is 9.97 Å². The Bertz CT molecular complexity index is 859. The van der Waals surface area contributed by atoms with Crippen molar-refractivity contribution in [2.24, 2.45) is 17.8 Å². The van der Waals surface area contributed by atoms with Crippen molar-refractivity contribution >= 4 is 17.6 Å². The Hall–Kier alpha value is -2.24. The fourth-order valence-corrected chi connectivity index (χ4v) is 5.80. The lowest BCUT2D eigenvalue weighted by Crippen LogP contribution is -2.37. The first-order valence-corrected chi connectivity index (χ1v) is 12.6. The van der Waals surface area contributed by atoms with Gasteiger partial charge in [-0.2, -0.15) is 0 Å². The molecule has 174 valence electrons. The molecule has 1 fully saturated rings. The minimum Gasteiger partial charge on any atom is -0.336 e. The molecule has 0 aromatic carbocycles. The van der Waals surface area contributed by atoms with Crippen molar-refractivity contribution in [3.8, 4) is 0 Å². The van der Waals surface area contributed by atoms with Gasteiger partial charge in [0.2, 0.25) is 11.8 Å². The monoisotopic (exact) mass is 438 g/mol. The summed E-state index contributed by atoms with van der Waals surface area (Å²) in [7, 11) is 0. The van der Waals surface area contributed by atoms with Gasteiger partial charge in [0.1, 0.15) is 12.1 Å². The molecule has 1 aromatic heterocycles. The molecule has 0 saturated heterocycles. The van der Waals surface area contributed by atoms with Gasteiger partial charge in [0.25, 0.3) is 0 Å². The van der Waals surface area contributed by atoms with Crippen molar-refractivity contribution in [1.29, 1.82) is 0 Å². The number of aromatic nitrogens is 2. The van der Waals surface area contributed by atoms with Gasteiger partial charge in [-0.15, -0.1) is 0 Å². The average Bonchev–Trinajstić information content (AvgIpc) is 3.30. The molecule has 32 heavy (non-hydrogen) atoms. The number of carbonyl (C=O) groups excluding carboxylic acids is 2. The summed E-state index contributed by atoms with van der Waals surface area (Å²) in [5.41, 5.74) is 3.10. The molecule has 6 nitrogen and oxygen atoms in total. The lowest BCUT2D eigenvalue weighted by molar-refractivity contribution is -0.132. The van der Waals surface area contributed by atoms with Crippen LogP contribution >= 0.6 is 0 Å². The third kappa shape index (κ3) is 5.76. The van der Waals surface area contributed by atoms with Crippen LogP contribution in [0.4, 0.5) is 5.82 Å². The molecule has 0 radical (unpaired) electrons. The van der Waals surface area contributed by atoms with Crippen LogP contribution in [0.25, 0.3) is 0 Å². The van der Waals surface area contributed by atoms with Gasteiger partial charge in [0.15, 0.2) is 0 Å². The third-order valence-corrected chi connectivity index (χ3v) is 7.60. The van der Waals surface area contributed by atoms with Gasteiger partial charge >= 0.3 is 0 Å². The molecule has 1 N–H and O–H groups in total. The second kappa shape index (κ2) is 10.6. The number of hydrogen-bond donors (Lipinski definition) is 1. The molecule has 1 aliphatic heterocycles. The normalized spacial score (nSPS) is 23.6. The van der Waals surface area contributed by atoms with E-state index in [1.165, 1.54) is 50.4 Å². The van der Waals surface area contributed by atoms with Crippen LogP contribution in [0.15, 0.2) is 18.0 Å². The number of fused-ring (bicyclic) bond motifs is 1. The molecule has 2 heterocycles. The van der Waals surface area contributed by atoms with E-state index in [9.17, 15) is 9.59 Å². The van der Waals surface area contributed by atoms with Crippen molar-refractivity contribution in [3.05, 3.63) is 29.2 Å². The van der Waals surface area contributed by atoms with E-state index >= 15 is 0 Å². The molecule has 6 heteroatoms. The lowest BCUT2D eigenvalue weighted by Gasteiger charge is -2.29. The Morgan fingerprint density at radius 2 is 2.00 bits per heavy atom. The Morgan fingerprint density at radius 1 is 1.19 bits per heavy atom. The van der Waals surface area contributed by atoms with Crippen LogP contribution < -0.4 is 5.32 Å². The number of nitrogens with one attached hydrogen (secondary N) is 1. The van der Waals surface area contributed by atoms with Crippen molar-refractivity contribution in [2.45, 2.75) is 91.0 Å². The lowest BCUT2D eigenvalue weighted by atomic mass is 9.81. The minimum absolute atomic E-state index is 0.00354. The molecule has 2 atom stereocenters. The van der Waals surface area contributed by atoms with Crippen molar-refractivity contribution in [3.63, 3.8) is 0 Å². The summed E-state index contributed by atoms with van der Waals surface area (Å²) in [6.07, 6.45) is 15.2. The van der Waals surface area contributed by atoms with Crippen LogP contribution in [0, 0.1) is 17.8 Å². The number of allylic oxidation sites excluding steroid dienone is 1. The largest absolute Gasteiger partial charge is 0.336 e. The summed E-state index contributed by atoms with van der Waals surface area (Å²) in [5, 5.41) is 3.04. The number of anilines is 1. The van der Waals surface area contributed by atoms with E-state index in [1.54, 1.807) is 0 Å². The van der Waals surface area contributed by atoms with E-state index in [1.807, 2.05) is 4.90 Å². The zero-order valence-electron chi connectivity index (χ0n) is 19.7. The van der Waals surface area contributed by atoms with Gasteiger partial charge < -0.3 is 10.2 Å². The van der Waals surface area contributed by atoms with E-state index < -0.39 is 0 Å². The number of amides is 2. The SMILES string of the molecule is CCC1CC(CC(=O)Nc2ncnc3c2CCN(C(=O)CCC2CCCC2)C3)=CC(C)C1. The maximum Gasteiger partial charge on any atom is 0.229 e. The van der Waals surface area contributed by atoms with Crippen molar-refractivity contribution < 1.29 is 9.59 Å². The van der Waals surface area contributed by atoms with Crippen LogP contribution in [-0.4, -0.2) is 33.2 Å². The summed E-state index contributed by atoms with van der Waals surface area (Å²) >= 11 is 0. The minimum atomic E-state index is -0.00354. The maximum absolute atomic E-state index is 12.8. The standard InChI is InChI=1S/C26H38N4O2/c1-3-19-12-18(2)13-21(14-19)15-24(31)29-26-22-10-11-30(16-23(22)27-17-28-26)25(32)9-8-20-6-4-5-7-20/h13,17-20H,3-12,14-16H2,1-2H3,(H,27,28,29,31). The van der Waals surface area contributed by atoms with E-state index in [-0.39, 0.29) is 11.8 Å². The Balaban J connectivity index is 1.33. The van der Waals surface area contributed by atoms with E-state index in [0.29, 0.717) is 50.0 Å². The van der Waals surface area contributed by atoms with E-state index in [2.05, 4.69) is 35.2 Å². The molecule has 2 unspecified atom stereocenters. The number of nitrogens with zero attached hydrogens (tertiary/aromatic N) is 3. The number of carbonyl (C=O) groups is 2. The second-order valence-electron chi connectivity index (χ2n) is 10.1. The average molecular weight is 439 g/mol. The fourth-order valence-electron chi connectivity index (χ4n) is 5.80. The van der Waals surface area contributed by atoms with Crippen molar-refractivity contribution in [2.75, 3.05) is 11.9 Å². The van der Waals surface area contributed by atoms with Gasteiger partial charge in [-0.3, -0.25) is 9.59 Å². The van der Waals surface area contributed by atoms with Crippen LogP contribution in [0.1, 0.15) is 89.3 Å². The van der Waals surface area contributed by atoms with E-state index in [0.717, 1.165) is 30.0 Å². The van der Waals surface area contributed by atoms with Crippen LogP contribution in [0.5, 0.6) is 0 Å². The quantitative estimate of drug-likeness (QED) is 0.605. The van der Waals surface area contributed by atoms with Gasteiger partial charge in [0.05, 0.1) is 12.2 Å². The summed E-state index contributed by atoms with van der Waals surface area (Å²) < 4.78 is 0. The molecule has 1 aromatic rings. The summed E-state index contributed by atoms with van der Waals surface area (Å²) in [6.45, 7) is 5.66. The highest BCUT2D eigenvalue weighted by Gasteiger charge is 2.26. The molecule has 4 rings (SSSR count). The maximum atomic E-state index is 12.8. The summed E-state index contributed by atoms with van der Waals surface area (Å²) in [6, 6.07) is 0. The van der Waals surface area contributed by atoms with Crippen LogP contribution in [0.2, 0.25) is 0 Å². The highest BCUT2D eigenvalue weighted by molar-refractivity contribution is 5.92. The van der Waals surface area contributed by atoms with Gasteiger partial charge in [-0.05, 0) is 43.4 Å².